The van der Waals surface area contributed by atoms with Crippen molar-refractivity contribution in [1.82, 2.24) is 9.71 Å². The van der Waals surface area contributed by atoms with E-state index in [2.05, 4.69) is 4.98 Å². The number of nitrogens with one attached hydrogen (secondary N) is 1. The van der Waals surface area contributed by atoms with Crippen LogP contribution in [0.5, 0.6) is 0 Å². The van der Waals surface area contributed by atoms with E-state index in [1.54, 1.807) is 0 Å². The summed E-state index contributed by atoms with van der Waals surface area (Å²) >= 11 is 0. The van der Waals surface area contributed by atoms with Gasteiger partial charge < -0.3 is 0 Å². The van der Waals surface area contributed by atoms with Gasteiger partial charge in [0.15, 0.2) is 15.7 Å². The minimum atomic E-state index is -4.12. The molecule has 0 bridgehead atoms. The number of sulfonamides is 1. The highest BCUT2D eigenvalue weighted by molar-refractivity contribution is 7.91. The van der Waals surface area contributed by atoms with Crippen molar-refractivity contribution >= 4 is 19.9 Å². The quantitative estimate of drug-likeness (QED) is 0.793. The molecule has 9 heteroatoms. The summed E-state index contributed by atoms with van der Waals surface area (Å²) in [6.45, 7) is 1.15. The van der Waals surface area contributed by atoms with E-state index in [-0.39, 0.29) is 18.1 Å². The minimum absolute atomic E-state index is 0.0767. The first kappa shape index (κ1) is 15.0. The first-order valence-corrected chi connectivity index (χ1v) is 8.39. The molecule has 0 unspecified atom stereocenters. The molecular formula is C9H13FN2O4S2. The number of hydrogen-bond acceptors (Lipinski definition) is 5. The zero-order valence-electron chi connectivity index (χ0n) is 9.63. The first-order valence-electron chi connectivity index (χ1n) is 5.09. The predicted octanol–water partition coefficient (Wildman–Crippen LogP) is -0.0663. The lowest BCUT2D eigenvalue weighted by molar-refractivity contribution is 0.546. The van der Waals surface area contributed by atoms with Crippen LogP contribution in [0.2, 0.25) is 0 Å². The van der Waals surface area contributed by atoms with E-state index in [1.807, 2.05) is 4.72 Å². The number of halogens is 1. The molecule has 0 aliphatic rings. The van der Waals surface area contributed by atoms with Gasteiger partial charge >= 0.3 is 0 Å². The second-order valence-corrected chi connectivity index (χ2v) is 7.58. The van der Waals surface area contributed by atoms with Crippen molar-refractivity contribution in [3.63, 3.8) is 0 Å². The van der Waals surface area contributed by atoms with Crippen LogP contribution in [0.15, 0.2) is 23.4 Å². The van der Waals surface area contributed by atoms with Crippen LogP contribution in [-0.4, -0.2) is 39.9 Å². The zero-order chi connectivity index (χ0) is 13.8. The van der Waals surface area contributed by atoms with Crippen molar-refractivity contribution in [3.8, 4) is 0 Å². The van der Waals surface area contributed by atoms with Gasteiger partial charge in [0.25, 0.3) is 10.0 Å². The number of rotatable bonds is 6. The van der Waals surface area contributed by atoms with Gasteiger partial charge in [0.2, 0.25) is 5.03 Å². The van der Waals surface area contributed by atoms with Crippen LogP contribution in [0.1, 0.15) is 6.92 Å². The lowest BCUT2D eigenvalue weighted by atomic mass is 10.5. The normalized spacial score (nSPS) is 12.6. The average molecular weight is 296 g/mol. The van der Waals surface area contributed by atoms with Crippen LogP contribution in [0.3, 0.4) is 0 Å². The Morgan fingerprint density at radius 3 is 2.56 bits per heavy atom. The highest BCUT2D eigenvalue weighted by Crippen LogP contribution is 2.09. The highest BCUT2D eigenvalue weighted by Gasteiger charge is 2.20. The lowest BCUT2D eigenvalue weighted by Gasteiger charge is -2.06. The molecule has 18 heavy (non-hydrogen) atoms. The molecule has 0 spiro atoms. The maximum atomic E-state index is 13.2. The summed E-state index contributed by atoms with van der Waals surface area (Å²) in [7, 11) is -7.40. The van der Waals surface area contributed by atoms with Gasteiger partial charge in [-0.25, -0.2) is 30.9 Å². The summed E-state index contributed by atoms with van der Waals surface area (Å²) < 4.78 is 60.8. The summed E-state index contributed by atoms with van der Waals surface area (Å²) in [5, 5.41) is -0.737. The van der Waals surface area contributed by atoms with Crippen LogP contribution in [-0.2, 0) is 19.9 Å². The van der Waals surface area contributed by atoms with Crippen molar-refractivity contribution in [2.75, 3.05) is 18.1 Å². The molecule has 0 amide bonds. The van der Waals surface area contributed by atoms with Gasteiger partial charge in [-0.1, -0.05) is 6.92 Å². The van der Waals surface area contributed by atoms with Gasteiger partial charge in [-0.15, -0.1) is 0 Å². The Kier molecular flexibility index (Phi) is 4.77. The third kappa shape index (κ3) is 4.00. The van der Waals surface area contributed by atoms with E-state index in [0.29, 0.717) is 0 Å². The maximum Gasteiger partial charge on any atom is 0.261 e. The van der Waals surface area contributed by atoms with Gasteiger partial charge in [0.05, 0.1) is 5.75 Å². The Morgan fingerprint density at radius 1 is 1.33 bits per heavy atom. The maximum absolute atomic E-state index is 13.2. The fraction of sp³-hybridized carbons (Fsp3) is 0.444. The van der Waals surface area contributed by atoms with Gasteiger partial charge in [-0.2, -0.15) is 0 Å². The molecule has 6 nitrogen and oxygen atoms in total. The number of aromatic nitrogens is 1. The molecule has 1 aromatic rings. The number of sulfone groups is 1. The van der Waals surface area contributed by atoms with E-state index >= 15 is 0 Å². The van der Waals surface area contributed by atoms with Crippen molar-refractivity contribution in [2.45, 2.75) is 11.9 Å². The van der Waals surface area contributed by atoms with E-state index in [4.69, 9.17) is 0 Å². The van der Waals surface area contributed by atoms with Crippen LogP contribution < -0.4 is 4.72 Å². The Bertz CT molecular complexity index is 613. The Labute approximate surface area is 105 Å². The number of pyridine rings is 1. The Balaban J connectivity index is 2.76. The number of hydrogen-bond donors (Lipinski definition) is 1. The monoisotopic (exact) mass is 296 g/mol. The molecule has 0 saturated carbocycles. The fourth-order valence-corrected chi connectivity index (χ4v) is 2.98. The van der Waals surface area contributed by atoms with Gasteiger partial charge in [-0.3, -0.25) is 0 Å². The summed E-state index contributed by atoms with van der Waals surface area (Å²) in [5.74, 6) is -1.40. The Hall–Kier alpha value is -1.06. The molecule has 0 radical (unpaired) electrons. The van der Waals surface area contributed by atoms with Crippen molar-refractivity contribution in [3.05, 3.63) is 24.1 Å². The summed E-state index contributed by atoms with van der Waals surface area (Å²) in [6, 6.07) is 2.22. The van der Waals surface area contributed by atoms with Crippen molar-refractivity contribution in [1.29, 1.82) is 0 Å². The van der Waals surface area contributed by atoms with Crippen molar-refractivity contribution in [2.24, 2.45) is 0 Å². The molecule has 0 aliphatic carbocycles. The minimum Gasteiger partial charge on any atom is -0.241 e. The molecule has 1 aromatic heterocycles. The van der Waals surface area contributed by atoms with Crippen LogP contribution >= 0.6 is 0 Å². The average Bonchev–Trinajstić information content (AvgIpc) is 2.29. The summed E-state index contributed by atoms with van der Waals surface area (Å²) in [6.07, 6.45) is 1.14. The highest BCUT2D eigenvalue weighted by atomic mass is 32.2. The standard InChI is InChI=1S/C9H13FN2O4S2/c1-2-17(13,14)7-6-12-18(15,16)9-8(10)4-3-5-11-9/h3-5,12H,2,6-7H2,1H3. The van der Waals surface area contributed by atoms with Gasteiger partial charge in [-0.05, 0) is 12.1 Å². The smallest absolute Gasteiger partial charge is 0.241 e. The molecular weight excluding hydrogens is 283 g/mol. The molecule has 0 aliphatic heterocycles. The summed E-state index contributed by atoms with van der Waals surface area (Å²) in [5.41, 5.74) is 0. The third-order valence-electron chi connectivity index (χ3n) is 2.12. The topological polar surface area (TPSA) is 93.2 Å². The fourth-order valence-electron chi connectivity index (χ4n) is 1.11. The lowest BCUT2D eigenvalue weighted by Crippen LogP contribution is -2.30. The molecule has 102 valence electrons. The van der Waals surface area contributed by atoms with E-state index in [0.717, 1.165) is 12.3 Å². The van der Waals surface area contributed by atoms with E-state index in [1.165, 1.54) is 13.0 Å². The van der Waals surface area contributed by atoms with E-state index in [9.17, 15) is 21.2 Å². The second-order valence-electron chi connectivity index (χ2n) is 3.42. The molecule has 0 saturated heterocycles. The molecule has 0 fully saturated rings. The van der Waals surface area contributed by atoms with Gasteiger partial charge in [0.1, 0.15) is 0 Å². The van der Waals surface area contributed by atoms with Crippen molar-refractivity contribution < 1.29 is 21.2 Å². The van der Waals surface area contributed by atoms with E-state index < -0.39 is 30.7 Å². The molecule has 1 rings (SSSR count). The predicted molar refractivity (Wildman–Crippen MR) is 63.7 cm³/mol. The van der Waals surface area contributed by atoms with Gasteiger partial charge in [0, 0.05) is 18.5 Å². The SMILES string of the molecule is CCS(=O)(=O)CCNS(=O)(=O)c1ncccc1F. The van der Waals surface area contributed by atoms with Crippen LogP contribution in [0, 0.1) is 5.82 Å². The summed E-state index contributed by atoms with van der Waals surface area (Å²) in [4.78, 5) is 3.41. The van der Waals surface area contributed by atoms with Crippen LogP contribution in [0.25, 0.3) is 0 Å². The largest absolute Gasteiger partial charge is 0.261 e. The molecule has 0 atom stereocenters. The molecule has 0 aromatic carbocycles. The van der Waals surface area contributed by atoms with Crippen LogP contribution in [0.4, 0.5) is 4.39 Å². The molecule has 1 heterocycles. The number of nitrogens with zero attached hydrogens (tertiary/aromatic N) is 1. The third-order valence-corrected chi connectivity index (χ3v) is 5.22. The Morgan fingerprint density at radius 2 is 2.00 bits per heavy atom. The first-order chi connectivity index (χ1) is 8.28. The second kappa shape index (κ2) is 5.72. The zero-order valence-corrected chi connectivity index (χ0v) is 11.3. The molecule has 1 N–H and O–H groups in total.